The largest absolute Gasteiger partial charge is 0.388 e. The molecular weight excluding hydrogens is 286 g/mol. The number of aromatic nitrogens is 1. The van der Waals surface area contributed by atoms with Crippen molar-refractivity contribution in [3.05, 3.63) is 29.6 Å². The van der Waals surface area contributed by atoms with Crippen LogP contribution in [0.15, 0.2) is 18.3 Å². The highest BCUT2D eigenvalue weighted by Crippen LogP contribution is 2.24. The van der Waals surface area contributed by atoms with Gasteiger partial charge in [0, 0.05) is 38.4 Å². The third-order valence-corrected chi connectivity index (χ3v) is 4.00. The highest BCUT2D eigenvalue weighted by Gasteiger charge is 2.42. The van der Waals surface area contributed by atoms with Gasteiger partial charge >= 0.3 is 0 Å². The van der Waals surface area contributed by atoms with Crippen LogP contribution in [0.1, 0.15) is 29.4 Å². The number of aliphatic hydroxyl groups excluding tert-OH is 1. The maximum atomic E-state index is 12.5. The number of pyridine rings is 1. The standard InChI is InChI=1S/C15H21N3O4/c1-10-12(4-3-6-16-10)14(21)18-7-5-15(22,13(20)8-18)9-17-11(2)19/h3-4,6,13,20,22H,5,7-9H2,1-2H3,(H,17,19)/t13-,15-/m1/s1. The zero-order valence-electron chi connectivity index (χ0n) is 12.7. The third kappa shape index (κ3) is 3.42. The van der Waals surface area contributed by atoms with E-state index in [-0.39, 0.29) is 31.3 Å². The number of likely N-dealkylation sites (tertiary alicyclic amines) is 1. The third-order valence-electron chi connectivity index (χ3n) is 4.00. The van der Waals surface area contributed by atoms with Gasteiger partial charge in [-0.3, -0.25) is 14.6 Å². The van der Waals surface area contributed by atoms with E-state index in [1.165, 1.54) is 11.8 Å². The van der Waals surface area contributed by atoms with Crippen LogP contribution in [-0.4, -0.2) is 63.3 Å². The van der Waals surface area contributed by atoms with E-state index in [0.717, 1.165) is 0 Å². The van der Waals surface area contributed by atoms with Crippen molar-refractivity contribution in [3.63, 3.8) is 0 Å². The van der Waals surface area contributed by atoms with Crippen molar-refractivity contribution in [2.75, 3.05) is 19.6 Å². The molecule has 2 atom stereocenters. The Morgan fingerprint density at radius 2 is 2.27 bits per heavy atom. The smallest absolute Gasteiger partial charge is 0.255 e. The molecule has 3 N–H and O–H groups in total. The molecule has 0 radical (unpaired) electrons. The van der Waals surface area contributed by atoms with E-state index >= 15 is 0 Å². The molecular formula is C15H21N3O4. The topological polar surface area (TPSA) is 103 Å². The van der Waals surface area contributed by atoms with Gasteiger partial charge in [0.1, 0.15) is 11.7 Å². The quantitative estimate of drug-likeness (QED) is 0.696. The Balaban J connectivity index is 2.05. The Morgan fingerprint density at radius 3 is 2.86 bits per heavy atom. The molecule has 0 spiro atoms. The van der Waals surface area contributed by atoms with Gasteiger partial charge in [0.25, 0.3) is 5.91 Å². The predicted molar refractivity (Wildman–Crippen MR) is 79.1 cm³/mol. The highest BCUT2D eigenvalue weighted by molar-refractivity contribution is 5.95. The van der Waals surface area contributed by atoms with Crippen molar-refractivity contribution in [2.45, 2.75) is 32.0 Å². The number of nitrogens with one attached hydrogen (secondary N) is 1. The number of β-amino-alcohol motifs (C(OH)–C–C–N with tert-alkyl or cyclic N) is 1. The van der Waals surface area contributed by atoms with Crippen molar-refractivity contribution >= 4 is 11.8 Å². The molecule has 0 aromatic carbocycles. The average molecular weight is 307 g/mol. The van der Waals surface area contributed by atoms with Crippen LogP contribution >= 0.6 is 0 Å². The number of nitrogens with zero attached hydrogens (tertiary/aromatic N) is 2. The van der Waals surface area contributed by atoms with Crippen molar-refractivity contribution in [1.29, 1.82) is 0 Å². The number of piperidine rings is 1. The van der Waals surface area contributed by atoms with Gasteiger partial charge in [-0.05, 0) is 25.5 Å². The first-order valence-corrected chi connectivity index (χ1v) is 7.19. The second kappa shape index (κ2) is 6.41. The predicted octanol–water partition coefficient (Wildman–Crippen LogP) is -0.536. The number of aliphatic hydroxyl groups is 2. The van der Waals surface area contributed by atoms with E-state index in [2.05, 4.69) is 10.3 Å². The zero-order valence-corrected chi connectivity index (χ0v) is 12.7. The van der Waals surface area contributed by atoms with Crippen LogP contribution in [0.3, 0.4) is 0 Å². The molecule has 7 nitrogen and oxygen atoms in total. The van der Waals surface area contributed by atoms with E-state index in [1.807, 2.05) is 0 Å². The molecule has 1 aliphatic heterocycles. The normalized spacial score (nSPS) is 24.9. The van der Waals surface area contributed by atoms with Gasteiger partial charge in [-0.2, -0.15) is 0 Å². The summed E-state index contributed by atoms with van der Waals surface area (Å²) in [5.41, 5.74) is -0.296. The molecule has 0 saturated carbocycles. The summed E-state index contributed by atoms with van der Waals surface area (Å²) in [6.45, 7) is 3.39. The highest BCUT2D eigenvalue weighted by atomic mass is 16.3. The SMILES string of the molecule is CC(=O)NC[C@]1(O)CCN(C(=O)c2cccnc2C)C[C@H]1O. The first-order valence-electron chi connectivity index (χ1n) is 7.19. The monoisotopic (exact) mass is 307 g/mol. The summed E-state index contributed by atoms with van der Waals surface area (Å²) in [7, 11) is 0. The van der Waals surface area contributed by atoms with Gasteiger partial charge in [0.05, 0.1) is 5.56 Å². The van der Waals surface area contributed by atoms with Crippen molar-refractivity contribution in [3.8, 4) is 0 Å². The minimum absolute atomic E-state index is 0.0171. The fraction of sp³-hybridized carbons (Fsp3) is 0.533. The second-order valence-corrected chi connectivity index (χ2v) is 5.67. The summed E-state index contributed by atoms with van der Waals surface area (Å²) in [5, 5.41) is 23.1. The van der Waals surface area contributed by atoms with Crippen LogP contribution in [0.2, 0.25) is 0 Å². The minimum Gasteiger partial charge on any atom is -0.388 e. The van der Waals surface area contributed by atoms with E-state index in [1.54, 1.807) is 25.3 Å². The molecule has 1 aromatic rings. The van der Waals surface area contributed by atoms with Crippen LogP contribution in [-0.2, 0) is 4.79 Å². The van der Waals surface area contributed by atoms with Crippen molar-refractivity contribution in [2.24, 2.45) is 0 Å². The van der Waals surface area contributed by atoms with Gasteiger partial charge in [-0.25, -0.2) is 0 Å². The molecule has 2 rings (SSSR count). The molecule has 0 unspecified atom stereocenters. The molecule has 0 bridgehead atoms. The summed E-state index contributed by atoms with van der Waals surface area (Å²) in [6.07, 6.45) is 0.692. The number of hydrogen-bond acceptors (Lipinski definition) is 5. The Labute approximate surface area is 129 Å². The summed E-state index contributed by atoms with van der Waals surface area (Å²) >= 11 is 0. The maximum Gasteiger partial charge on any atom is 0.255 e. The van der Waals surface area contributed by atoms with E-state index in [9.17, 15) is 19.8 Å². The van der Waals surface area contributed by atoms with Crippen LogP contribution in [0.25, 0.3) is 0 Å². The molecule has 0 aliphatic carbocycles. The van der Waals surface area contributed by atoms with Gasteiger partial charge in [-0.15, -0.1) is 0 Å². The molecule has 1 saturated heterocycles. The van der Waals surface area contributed by atoms with E-state index in [4.69, 9.17) is 0 Å². The molecule has 22 heavy (non-hydrogen) atoms. The van der Waals surface area contributed by atoms with Gasteiger partial charge in [-0.1, -0.05) is 0 Å². The van der Waals surface area contributed by atoms with E-state index < -0.39 is 11.7 Å². The lowest BCUT2D eigenvalue weighted by Gasteiger charge is -2.42. The second-order valence-electron chi connectivity index (χ2n) is 5.67. The van der Waals surface area contributed by atoms with Crippen molar-refractivity contribution in [1.82, 2.24) is 15.2 Å². The Kier molecular flexibility index (Phi) is 4.77. The maximum absolute atomic E-state index is 12.5. The first-order chi connectivity index (χ1) is 10.3. The number of carbonyl (C=O) groups excluding carboxylic acids is 2. The average Bonchev–Trinajstić information content (AvgIpc) is 2.48. The number of carbonyl (C=O) groups is 2. The number of rotatable bonds is 3. The summed E-state index contributed by atoms with van der Waals surface area (Å²) < 4.78 is 0. The lowest BCUT2D eigenvalue weighted by atomic mass is 9.88. The molecule has 2 amide bonds. The molecule has 120 valence electrons. The Bertz CT molecular complexity index is 578. The zero-order chi connectivity index (χ0) is 16.3. The molecule has 2 heterocycles. The summed E-state index contributed by atoms with van der Waals surface area (Å²) in [5.74, 6) is -0.489. The number of amides is 2. The van der Waals surface area contributed by atoms with Crippen LogP contribution in [0.4, 0.5) is 0 Å². The van der Waals surface area contributed by atoms with Gasteiger partial charge < -0.3 is 20.4 Å². The van der Waals surface area contributed by atoms with Crippen LogP contribution in [0, 0.1) is 6.92 Å². The number of hydrogen-bond donors (Lipinski definition) is 3. The summed E-state index contributed by atoms with van der Waals surface area (Å²) in [6, 6.07) is 3.38. The fourth-order valence-corrected chi connectivity index (χ4v) is 2.51. The number of aryl methyl sites for hydroxylation is 1. The molecule has 1 aromatic heterocycles. The van der Waals surface area contributed by atoms with Crippen LogP contribution in [0.5, 0.6) is 0 Å². The van der Waals surface area contributed by atoms with Gasteiger partial charge in [0.15, 0.2) is 0 Å². The lowest BCUT2D eigenvalue weighted by molar-refractivity contribution is -0.127. The fourth-order valence-electron chi connectivity index (χ4n) is 2.51. The van der Waals surface area contributed by atoms with Gasteiger partial charge in [0.2, 0.25) is 5.91 Å². The Hall–Kier alpha value is -1.99. The van der Waals surface area contributed by atoms with E-state index in [0.29, 0.717) is 17.8 Å². The summed E-state index contributed by atoms with van der Waals surface area (Å²) in [4.78, 5) is 29.0. The first kappa shape index (κ1) is 16.4. The molecule has 1 fully saturated rings. The van der Waals surface area contributed by atoms with Crippen molar-refractivity contribution < 1.29 is 19.8 Å². The Morgan fingerprint density at radius 1 is 1.55 bits per heavy atom. The molecule has 1 aliphatic rings. The van der Waals surface area contributed by atoms with Crippen LogP contribution < -0.4 is 5.32 Å². The minimum atomic E-state index is -1.41. The lowest BCUT2D eigenvalue weighted by Crippen LogP contribution is -2.61. The molecule has 7 heteroatoms.